The molecule has 0 aromatic heterocycles. The lowest BCUT2D eigenvalue weighted by Crippen LogP contribution is -2.42. The molecule has 1 aromatic rings. The van der Waals surface area contributed by atoms with Crippen molar-refractivity contribution in [2.45, 2.75) is 57.7 Å². The monoisotopic (exact) mass is 290 g/mol. The first-order valence-electron chi connectivity index (χ1n) is 8.43. The van der Waals surface area contributed by atoms with Crippen molar-refractivity contribution in [3.8, 4) is 0 Å². The maximum absolute atomic E-state index is 5.90. The molecule has 0 bridgehead atoms. The summed E-state index contributed by atoms with van der Waals surface area (Å²) in [5, 5.41) is 0. The first-order chi connectivity index (χ1) is 10.3. The molecule has 1 heterocycles. The summed E-state index contributed by atoms with van der Waals surface area (Å²) in [4.78, 5) is 2.62. The molecule has 3 nitrogen and oxygen atoms in total. The van der Waals surface area contributed by atoms with Gasteiger partial charge < -0.3 is 10.5 Å². The van der Waals surface area contributed by atoms with Crippen LogP contribution in [-0.2, 0) is 11.3 Å². The number of hydrogen-bond donors (Lipinski definition) is 1. The molecule has 1 fully saturated rings. The second-order valence-electron chi connectivity index (χ2n) is 6.06. The molecule has 118 valence electrons. The van der Waals surface area contributed by atoms with Crippen LogP contribution in [0.4, 0.5) is 0 Å². The Hall–Kier alpha value is -0.900. The predicted octanol–water partition coefficient (Wildman–Crippen LogP) is 3.19. The topological polar surface area (TPSA) is 38.5 Å². The third-order valence-electron chi connectivity index (χ3n) is 4.34. The van der Waals surface area contributed by atoms with Crippen LogP contribution in [0.15, 0.2) is 30.3 Å². The minimum Gasteiger partial charge on any atom is -0.378 e. The van der Waals surface area contributed by atoms with E-state index in [9.17, 15) is 0 Å². The molecule has 1 saturated heterocycles. The highest BCUT2D eigenvalue weighted by Crippen LogP contribution is 2.23. The van der Waals surface area contributed by atoms with Crippen molar-refractivity contribution in [2.24, 2.45) is 5.73 Å². The Morgan fingerprint density at radius 2 is 2.10 bits per heavy atom. The summed E-state index contributed by atoms with van der Waals surface area (Å²) in [7, 11) is 0. The van der Waals surface area contributed by atoms with Crippen molar-refractivity contribution in [3.63, 3.8) is 0 Å². The molecular weight excluding hydrogens is 260 g/mol. The summed E-state index contributed by atoms with van der Waals surface area (Å²) in [6, 6.07) is 11.4. The van der Waals surface area contributed by atoms with Crippen LogP contribution in [0.5, 0.6) is 0 Å². The predicted molar refractivity (Wildman–Crippen MR) is 88.2 cm³/mol. The molecule has 1 aliphatic heterocycles. The third kappa shape index (κ3) is 5.42. The number of hydrogen-bond acceptors (Lipinski definition) is 3. The lowest BCUT2D eigenvalue weighted by molar-refractivity contribution is -0.0327. The molecule has 1 aliphatic rings. The van der Waals surface area contributed by atoms with Crippen LogP contribution in [0.1, 0.15) is 44.6 Å². The van der Waals surface area contributed by atoms with Gasteiger partial charge in [-0.1, -0.05) is 43.7 Å². The van der Waals surface area contributed by atoms with E-state index < -0.39 is 0 Å². The molecular formula is C18H30N2O. The van der Waals surface area contributed by atoms with Crippen molar-refractivity contribution in [2.75, 3.05) is 19.7 Å². The Kier molecular flexibility index (Phi) is 7.20. The number of benzene rings is 1. The Morgan fingerprint density at radius 1 is 1.29 bits per heavy atom. The first kappa shape index (κ1) is 16.5. The summed E-state index contributed by atoms with van der Waals surface area (Å²) in [6.45, 7) is 6.04. The Bertz CT molecular complexity index is 380. The molecule has 0 radical (unpaired) electrons. The largest absolute Gasteiger partial charge is 0.378 e. The number of ether oxygens (including phenoxy) is 1. The molecule has 3 heteroatoms. The van der Waals surface area contributed by atoms with Gasteiger partial charge in [0.1, 0.15) is 0 Å². The highest BCUT2D eigenvalue weighted by Gasteiger charge is 2.26. The Morgan fingerprint density at radius 3 is 2.81 bits per heavy atom. The van der Waals surface area contributed by atoms with E-state index in [-0.39, 0.29) is 0 Å². The van der Waals surface area contributed by atoms with Gasteiger partial charge in [0.15, 0.2) is 0 Å². The van der Waals surface area contributed by atoms with E-state index >= 15 is 0 Å². The molecule has 1 aromatic carbocycles. The van der Waals surface area contributed by atoms with Gasteiger partial charge in [0.05, 0.1) is 6.10 Å². The van der Waals surface area contributed by atoms with Gasteiger partial charge in [-0.15, -0.1) is 0 Å². The van der Waals surface area contributed by atoms with Crippen molar-refractivity contribution in [1.82, 2.24) is 4.90 Å². The van der Waals surface area contributed by atoms with Crippen LogP contribution in [0.25, 0.3) is 0 Å². The molecule has 2 unspecified atom stereocenters. The molecule has 0 spiro atoms. The highest BCUT2D eigenvalue weighted by atomic mass is 16.5. The third-order valence-corrected chi connectivity index (χ3v) is 4.34. The van der Waals surface area contributed by atoms with Gasteiger partial charge in [0.2, 0.25) is 0 Å². The minimum atomic E-state index is 0.449. The van der Waals surface area contributed by atoms with Crippen molar-refractivity contribution < 1.29 is 4.74 Å². The fourth-order valence-electron chi connectivity index (χ4n) is 3.22. The normalized spacial score (nSPS) is 22.6. The van der Waals surface area contributed by atoms with E-state index in [0.717, 1.165) is 39.1 Å². The maximum atomic E-state index is 5.90. The van der Waals surface area contributed by atoms with Crippen LogP contribution in [-0.4, -0.2) is 36.7 Å². The van der Waals surface area contributed by atoms with Crippen LogP contribution >= 0.6 is 0 Å². The number of rotatable bonds is 8. The van der Waals surface area contributed by atoms with Crippen LogP contribution in [0, 0.1) is 0 Å². The summed E-state index contributed by atoms with van der Waals surface area (Å²) in [5.74, 6) is 0. The summed E-state index contributed by atoms with van der Waals surface area (Å²) < 4.78 is 5.90. The lowest BCUT2D eigenvalue weighted by Gasteiger charge is -2.37. The Labute approximate surface area is 129 Å². The van der Waals surface area contributed by atoms with Crippen molar-refractivity contribution >= 4 is 0 Å². The molecule has 2 N–H and O–H groups in total. The van der Waals surface area contributed by atoms with E-state index in [4.69, 9.17) is 10.5 Å². The number of nitrogens with two attached hydrogens (primary N) is 1. The molecule has 0 amide bonds. The summed E-state index contributed by atoms with van der Waals surface area (Å²) >= 11 is 0. The molecule has 2 atom stereocenters. The standard InChI is InChI=1S/C18H30N2O/c1-2-7-18-14-17(10-13-21-18)20(12-6-11-19)15-16-8-4-3-5-9-16/h3-5,8-9,17-18H,2,6-7,10-15,19H2,1H3. The first-order valence-corrected chi connectivity index (χ1v) is 8.43. The average Bonchev–Trinajstić information content (AvgIpc) is 2.53. The molecule has 0 saturated carbocycles. The van der Waals surface area contributed by atoms with Gasteiger partial charge >= 0.3 is 0 Å². The van der Waals surface area contributed by atoms with Gasteiger partial charge in [-0.25, -0.2) is 0 Å². The van der Waals surface area contributed by atoms with E-state index in [0.29, 0.717) is 12.1 Å². The zero-order chi connectivity index (χ0) is 14.9. The molecule has 0 aliphatic carbocycles. The highest BCUT2D eigenvalue weighted by molar-refractivity contribution is 5.14. The van der Waals surface area contributed by atoms with Gasteiger partial charge in [-0.2, -0.15) is 0 Å². The smallest absolute Gasteiger partial charge is 0.0590 e. The van der Waals surface area contributed by atoms with Crippen molar-refractivity contribution in [1.29, 1.82) is 0 Å². The quantitative estimate of drug-likeness (QED) is 0.799. The summed E-state index contributed by atoms with van der Waals surface area (Å²) in [6.07, 6.45) is 6.24. The van der Waals surface area contributed by atoms with Gasteiger partial charge in [-0.3, -0.25) is 4.90 Å². The second kappa shape index (κ2) is 9.19. The van der Waals surface area contributed by atoms with Crippen LogP contribution < -0.4 is 5.73 Å². The van der Waals surface area contributed by atoms with Gasteiger partial charge in [-0.05, 0) is 44.3 Å². The van der Waals surface area contributed by atoms with Gasteiger partial charge in [0.25, 0.3) is 0 Å². The lowest BCUT2D eigenvalue weighted by atomic mass is 9.98. The zero-order valence-electron chi connectivity index (χ0n) is 13.3. The van der Waals surface area contributed by atoms with E-state index in [2.05, 4.69) is 42.2 Å². The van der Waals surface area contributed by atoms with E-state index in [1.807, 2.05) is 0 Å². The fourth-order valence-corrected chi connectivity index (χ4v) is 3.22. The van der Waals surface area contributed by atoms with E-state index in [1.54, 1.807) is 0 Å². The fraction of sp³-hybridized carbons (Fsp3) is 0.667. The van der Waals surface area contributed by atoms with Crippen LogP contribution in [0.2, 0.25) is 0 Å². The molecule has 2 rings (SSSR count). The van der Waals surface area contributed by atoms with Gasteiger partial charge in [0, 0.05) is 19.2 Å². The summed E-state index contributed by atoms with van der Waals surface area (Å²) in [5.41, 5.74) is 7.12. The molecule has 21 heavy (non-hydrogen) atoms. The number of nitrogens with zero attached hydrogens (tertiary/aromatic N) is 1. The maximum Gasteiger partial charge on any atom is 0.0590 e. The SMILES string of the molecule is CCCC1CC(N(CCCN)Cc2ccccc2)CCO1. The van der Waals surface area contributed by atoms with Crippen LogP contribution in [0.3, 0.4) is 0 Å². The Balaban J connectivity index is 1.97. The second-order valence-corrected chi connectivity index (χ2v) is 6.06. The minimum absolute atomic E-state index is 0.449. The van der Waals surface area contributed by atoms with E-state index in [1.165, 1.54) is 24.8 Å². The van der Waals surface area contributed by atoms with Crippen molar-refractivity contribution in [3.05, 3.63) is 35.9 Å². The zero-order valence-corrected chi connectivity index (χ0v) is 13.3. The average molecular weight is 290 g/mol.